The van der Waals surface area contributed by atoms with Gasteiger partial charge in [0.05, 0.1) is 0 Å². The number of halogens is 1. The first-order chi connectivity index (χ1) is 11.1. The fourth-order valence-corrected chi connectivity index (χ4v) is 1.96. The summed E-state index contributed by atoms with van der Waals surface area (Å²) >= 11 is 0. The quantitative estimate of drug-likeness (QED) is 0.824. The van der Waals surface area contributed by atoms with E-state index in [9.17, 15) is 9.18 Å². The summed E-state index contributed by atoms with van der Waals surface area (Å²) in [7, 11) is 0. The van der Waals surface area contributed by atoms with Gasteiger partial charge in [0.25, 0.3) is 5.91 Å². The lowest BCUT2D eigenvalue weighted by Gasteiger charge is -2.11. The molecule has 1 aromatic carbocycles. The summed E-state index contributed by atoms with van der Waals surface area (Å²) in [5.41, 5.74) is 1.37. The second-order valence-corrected chi connectivity index (χ2v) is 5.37. The Bertz CT molecular complexity index is 645. The summed E-state index contributed by atoms with van der Waals surface area (Å²) in [5.74, 6) is 0.147. The summed E-state index contributed by atoms with van der Waals surface area (Å²) in [6.07, 6.45) is 2.96. The number of benzene rings is 1. The molecule has 0 fully saturated rings. The molecule has 6 heteroatoms. The zero-order valence-electron chi connectivity index (χ0n) is 13.3. The number of aromatic nitrogens is 2. The van der Waals surface area contributed by atoms with Crippen molar-refractivity contribution in [3.8, 4) is 0 Å². The molecule has 0 saturated heterocycles. The second-order valence-electron chi connectivity index (χ2n) is 5.37. The molecule has 5 nitrogen and oxygen atoms in total. The number of nitrogens with zero attached hydrogens (tertiary/aromatic N) is 2. The number of nitrogens with one attached hydrogen (secondary N) is 2. The van der Waals surface area contributed by atoms with Crippen LogP contribution < -0.4 is 10.6 Å². The van der Waals surface area contributed by atoms with Gasteiger partial charge in [-0.25, -0.2) is 14.4 Å². The Hall–Kier alpha value is -2.50. The van der Waals surface area contributed by atoms with Crippen molar-refractivity contribution < 1.29 is 9.18 Å². The average molecular weight is 316 g/mol. The van der Waals surface area contributed by atoms with Crippen LogP contribution in [-0.2, 0) is 6.42 Å². The molecule has 0 spiro atoms. The van der Waals surface area contributed by atoms with E-state index in [0.717, 1.165) is 18.4 Å². The number of carbonyl (C=O) groups is 1. The molecule has 0 aliphatic rings. The highest BCUT2D eigenvalue weighted by Gasteiger charge is 2.10. The Morgan fingerprint density at radius 2 is 2.00 bits per heavy atom. The first kappa shape index (κ1) is 16.9. The van der Waals surface area contributed by atoms with Crippen molar-refractivity contribution >= 4 is 11.7 Å². The van der Waals surface area contributed by atoms with Crippen LogP contribution in [0.3, 0.4) is 0 Å². The minimum atomic E-state index is -0.241. The van der Waals surface area contributed by atoms with Crippen molar-refractivity contribution in [2.75, 3.05) is 11.9 Å². The highest BCUT2D eigenvalue weighted by Crippen LogP contribution is 2.07. The number of anilines is 1. The highest BCUT2D eigenvalue weighted by molar-refractivity contribution is 5.93. The smallest absolute Gasteiger partial charge is 0.270 e. The minimum absolute atomic E-state index is 0.104. The topological polar surface area (TPSA) is 66.9 Å². The van der Waals surface area contributed by atoms with E-state index in [1.54, 1.807) is 18.2 Å². The van der Waals surface area contributed by atoms with Crippen molar-refractivity contribution in [2.24, 2.45) is 0 Å². The molecular formula is C17H21FN4O. The van der Waals surface area contributed by atoms with Crippen LogP contribution in [0, 0.1) is 5.82 Å². The van der Waals surface area contributed by atoms with Gasteiger partial charge in [-0.15, -0.1) is 0 Å². The molecule has 2 aromatic rings. The SMILES string of the molecule is CCC(C)NC(=O)c1cc(NCCc2ccc(F)cc2)ncn1. The predicted molar refractivity (Wildman–Crippen MR) is 87.8 cm³/mol. The van der Waals surface area contributed by atoms with Crippen LogP contribution in [0.4, 0.5) is 10.2 Å². The number of rotatable bonds is 7. The Balaban J connectivity index is 1.89. The van der Waals surface area contributed by atoms with Gasteiger partial charge in [0, 0.05) is 18.7 Å². The van der Waals surface area contributed by atoms with Crippen molar-refractivity contribution in [2.45, 2.75) is 32.7 Å². The molecule has 1 heterocycles. The van der Waals surface area contributed by atoms with Crippen LogP contribution in [0.5, 0.6) is 0 Å². The molecule has 23 heavy (non-hydrogen) atoms. The third-order valence-electron chi connectivity index (χ3n) is 3.52. The summed E-state index contributed by atoms with van der Waals surface area (Å²) < 4.78 is 12.8. The molecule has 122 valence electrons. The molecule has 1 amide bonds. The van der Waals surface area contributed by atoms with Crippen molar-refractivity contribution in [3.05, 3.63) is 53.7 Å². The van der Waals surface area contributed by atoms with Gasteiger partial charge in [0.2, 0.25) is 0 Å². The highest BCUT2D eigenvalue weighted by atomic mass is 19.1. The Kier molecular flexibility index (Phi) is 6.02. The van der Waals surface area contributed by atoms with E-state index >= 15 is 0 Å². The fourth-order valence-electron chi connectivity index (χ4n) is 1.96. The molecule has 0 aliphatic heterocycles. The first-order valence-electron chi connectivity index (χ1n) is 7.69. The van der Waals surface area contributed by atoms with Gasteiger partial charge in [-0.05, 0) is 37.5 Å². The van der Waals surface area contributed by atoms with E-state index in [2.05, 4.69) is 20.6 Å². The molecule has 2 rings (SSSR count). The van der Waals surface area contributed by atoms with Gasteiger partial charge < -0.3 is 10.6 Å². The van der Waals surface area contributed by atoms with Crippen LogP contribution in [0.1, 0.15) is 36.3 Å². The second kappa shape index (κ2) is 8.22. The van der Waals surface area contributed by atoms with Crippen molar-refractivity contribution in [1.82, 2.24) is 15.3 Å². The average Bonchev–Trinajstić information content (AvgIpc) is 2.57. The van der Waals surface area contributed by atoms with E-state index in [4.69, 9.17) is 0 Å². The van der Waals surface area contributed by atoms with Gasteiger partial charge >= 0.3 is 0 Å². The van der Waals surface area contributed by atoms with Gasteiger partial charge in [0.1, 0.15) is 23.7 Å². The molecule has 0 saturated carbocycles. The molecule has 1 aromatic heterocycles. The van der Waals surface area contributed by atoms with Crippen LogP contribution >= 0.6 is 0 Å². The molecule has 0 radical (unpaired) electrons. The molecule has 1 unspecified atom stereocenters. The van der Waals surface area contributed by atoms with E-state index in [0.29, 0.717) is 18.1 Å². The van der Waals surface area contributed by atoms with Crippen molar-refractivity contribution in [3.63, 3.8) is 0 Å². The summed E-state index contributed by atoms with van der Waals surface area (Å²) in [4.78, 5) is 20.1. The molecule has 0 aliphatic carbocycles. The summed E-state index contributed by atoms with van der Waals surface area (Å²) in [6.45, 7) is 4.59. The molecular weight excluding hydrogens is 295 g/mol. The van der Waals surface area contributed by atoms with E-state index in [1.165, 1.54) is 18.5 Å². The van der Waals surface area contributed by atoms with E-state index in [-0.39, 0.29) is 17.8 Å². The fraction of sp³-hybridized carbons (Fsp3) is 0.353. The molecule has 2 N–H and O–H groups in total. The zero-order valence-corrected chi connectivity index (χ0v) is 13.3. The lowest BCUT2D eigenvalue weighted by molar-refractivity contribution is 0.0934. The lowest BCUT2D eigenvalue weighted by atomic mass is 10.1. The maximum Gasteiger partial charge on any atom is 0.270 e. The third kappa shape index (κ3) is 5.32. The van der Waals surface area contributed by atoms with Gasteiger partial charge in [-0.2, -0.15) is 0 Å². The van der Waals surface area contributed by atoms with Crippen LogP contribution in [0.15, 0.2) is 36.7 Å². The molecule has 1 atom stereocenters. The number of hydrogen-bond acceptors (Lipinski definition) is 4. The number of amides is 1. The van der Waals surface area contributed by atoms with E-state index in [1.807, 2.05) is 13.8 Å². The largest absolute Gasteiger partial charge is 0.370 e. The number of carbonyl (C=O) groups excluding carboxylic acids is 1. The predicted octanol–water partition coefficient (Wildman–Crippen LogP) is 2.80. The lowest BCUT2D eigenvalue weighted by Crippen LogP contribution is -2.32. The van der Waals surface area contributed by atoms with Crippen LogP contribution in [0.2, 0.25) is 0 Å². The number of hydrogen-bond donors (Lipinski definition) is 2. The van der Waals surface area contributed by atoms with Crippen molar-refractivity contribution in [1.29, 1.82) is 0 Å². The summed E-state index contributed by atoms with van der Waals surface area (Å²) in [6, 6.07) is 8.12. The monoisotopic (exact) mass is 316 g/mol. The standard InChI is InChI=1S/C17H21FN4O/c1-3-12(2)22-17(23)15-10-16(21-11-20-15)19-9-8-13-4-6-14(18)7-5-13/h4-7,10-12H,3,8-9H2,1-2H3,(H,22,23)(H,19,20,21). The zero-order chi connectivity index (χ0) is 16.7. The Morgan fingerprint density at radius 1 is 1.26 bits per heavy atom. The Labute approximate surface area is 135 Å². The van der Waals surface area contributed by atoms with Crippen LogP contribution in [0.25, 0.3) is 0 Å². The van der Waals surface area contributed by atoms with E-state index < -0.39 is 0 Å². The van der Waals surface area contributed by atoms with Gasteiger partial charge in [-0.3, -0.25) is 4.79 Å². The normalized spacial score (nSPS) is 11.8. The third-order valence-corrected chi connectivity index (χ3v) is 3.52. The van der Waals surface area contributed by atoms with Crippen LogP contribution in [-0.4, -0.2) is 28.5 Å². The first-order valence-corrected chi connectivity index (χ1v) is 7.69. The molecule has 0 bridgehead atoms. The van der Waals surface area contributed by atoms with Gasteiger partial charge in [0.15, 0.2) is 0 Å². The summed E-state index contributed by atoms with van der Waals surface area (Å²) in [5, 5.41) is 6.01. The maximum atomic E-state index is 12.8. The minimum Gasteiger partial charge on any atom is -0.370 e. The Morgan fingerprint density at radius 3 is 2.70 bits per heavy atom. The van der Waals surface area contributed by atoms with Gasteiger partial charge in [-0.1, -0.05) is 19.1 Å². The maximum absolute atomic E-state index is 12.8.